The second-order valence-corrected chi connectivity index (χ2v) is 80.5. The molecule has 0 atom stereocenters. The molecule has 8 heteroatoms. The van der Waals surface area contributed by atoms with Crippen molar-refractivity contribution in [2.45, 2.75) is 233 Å². The fraction of sp³-hybridized carbons (Fsp3) is 0.545. The SMILES string of the molecule is CC(C)c1cccc(C(C)C)[c]1[Ge]1([c]2c(C[Si](C)(C)C)cc(C[Si](C)(C)C)cc2C[Si](C)(C)C)[c]2c[c]3[c](c[c]21)[Ge]3([c]1c(C[Si](C)(C)C)cc(C[Si](C)(C)C)cc1C[Si](C)(C)C)[c]1c(C(C)C)cccc1C(C)C. The predicted octanol–water partition coefficient (Wildman–Crippen LogP) is 14.1. The molecule has 0 unspecified atom stereocenters. The zero-order chi connectivity index (χ0) is 55.4. The maximum absolute atomic E-state index is 3.54. The molecule has 0 aromatic heterocycles. The van der Waals surface area contributed by atoms with Crippen LogP contribution in [0.5, 0.6) is 0 Å². The van der Waals surface area contributed by atoms with Gasteiger partial charge in [-0.25, -0.2) is 0 Å². The van der Waals surface area contributed by atoms with E-state index in [9.17, 15) is 0 Å². The van der Waals surface area contributed by atoms with E-state index in [1.807, 2.05) is 35.2 Å². The number of hydrogen-bond donors (Lipinski definition) is 0. The Morgan fingerprint density at radius 2 is 0.486 bits per heavy atom. The molecule has 0 nitrogen and oxygen atoms in total. The molecule has 0 radical (unpaired) electrons. The van der Waals surface area contributed by atoms with Crippen molar-refractivity contribution in [3.63, 3.8) is 0 Å². The summed E-state index contributed by atoms with van der Waals surface area (Å²) in [6.07, 6.45) is 0. The average molecular weight is 1210 g/mol. The summed E-state index contributed by atoms with van der Waals surface area (Å²) in [6.45, 7) is 67.6. The molecule has 0 saturated heterocycles. The summed E-state index contributed by atoms with van der Waals surface area (Å²) in [5.74, 6) is 1.84. The maximum atomic E-state index is 3.06. The zero-order valence-corrected chi connectivity index (χ0v) is 62.7. The van der Waals surface area contributed by atoms with Crippen LogP contribution in [-0.2, 0) is 36.3 Å². The van der Waals surface area contributed by atoms with E-state index >= 15 is 0 Å². The first-order valence-corrected chi connectivity index (χ1v) is 60.1. The van der Waals surface area contributed by atoms with Gasteiger partial charge in [0, 0.05) is 0 Å². The van der Waals surface area contributed by atoms with Gasteiger partial charge in [0.15, 0.2) is 0 Å². The normalized spacial score (nSPS) is 15.6. The first-order valence-electron chi connectivity index (χ1n) is 29.5. The van der Waals surface area contributed by atoms with Gasteiger partial charge in [-0.15, -0.1) is 0 Å². The van der Waals surface area contributed by atoms with Gasteiger partial charge in [0.2, 0.25) is 0 Å². The molecule has 7 rings (SSSR count). The third-order valence-corrected chi connectivity index (χ3v) is 45.3. The molecule has 0 amide bonds. The van der Waals surface area contributed by atoms with Crippen LogP contribution in [0.2, 0.25) is 118 Å². The molecule has 0 N–H and O–H groups in total. The van der Waals surface area contributed by atoms with Crippen LogP contribution < -0.4 is 35.2 Å². The Hall–Kier alpha value is -1.51. The Morgan fingerprint density at radius 1 is 0.284 bits per heavy atom. The van der Waals surface area contributed by atoms with Gasteiger partial charge >= 0.3 is 472 Å². The fourth-order valence-corrected chi connectivity index (χ4v) is 51.9. The van der Waals surface area contributed by atoms with Crippen molar-refractivity contribution in [1.29, 1.82) is 0 Å². The first kappa shape index (κ1) is 60.1. The van der Waals surface area contributed by atoms with Gasteiger partial charge in [-0.3, -0.25) is 0 Å². The van der Waals surface area contributed by atoms with Crippen molar-refractivity contribution < 1.29 is 0 Å². The molecule has 74 heavy (non-hydrogen) atoms. The summed E-state index contributed by atoms with van der Waals surface area (Å²) in [6, 6.07) is 40.3. The minimum absolute atomic E-state index is 0.461. The van der Waals surface area contributed by atoms with Crippen LogP contribution in [0.1, 0.15) is 135 Å². The molecule has 0 aliphatic carbocycles. The number of rotatable bonds is 20. The van der Waals surface area contributed by atoms with Crippen LogP contribution >= 0.6 is 0 Å². The van der Waals surface area contributed by atoms with Crippen LogP contribution in [-0.4, -0.2) is 75.0 Å². The van der Waals surface area contributed by atoms with Crippen LogP contribution in [0, 0.1) is 0 Å². The van der Waals surface area contributed by atoms with Crippen molar-refractivity contribution in [3.05, 3.63) is 128 Å². The molecule has 0 bridgehead atoms. The standard InChI is InChI=1S/C66H106Ge2Si6/c1-45(2)55-29-27-30-56(46(3)4)65(55)67(63-51(41-71(15,16)17)33-49(39-69(9,10)11)34-52(63)42-72(18,19)20)59-37-61-62(38-60(59)67)68(61,66-57(47(5)6)31-28-32-58(66)48(7)8)64-53(43-73(21,22)23)35-50(40-70(12,13)14)36-54(64)44-74(24,25)26/h27-38,45-48H,39-44H2,1-26H3. The Balaban J connectivity index is 1.72. The fourth-order valence-electron chi connectivity index (χ4n) is 13.9. The molecule has 0 saturated carbocycles. The third kappa shape index (κ3) is 12.6. The molecule has 5 aromatic rings. The molecule has 2 aliphatic heterocycles. The van der Waals surface area contributed by atoms with Crippen molar-refractivity contribution in [1.82, 2.24) is 0 Å². The summed E-state index contributed by atoms with van der Waals surface area (Å²) >= 11 is -7.08. The molecular weight excluding hydrogens is 1110 g/mol. The molecule has 2 aliphatic rings. The van der Waals surface area contributed by atoms with Crippen LogP contribution in [0.4, 0.5) is 0 Å². The predicted molar refractivity (Wildman–Crippen MR) is 359 cm³/mol. The Labute approximate surface area is 467 Å². The molecule has 2 heterocycles. The van der Waals surface area contributed by atoms with Gasteiger partial charge in [-0.05, 0) is 0 Å². The van der Waals surface area contributed by atoms with Gasteiger partial charge in [0.05, 0.1) is 0 Å². The minimum atomic E-state index is -3.54. The van der Waals surface area contributed by atoms with E-state index in [1.165, 1.54) is 36.3 Å². The van der Waals surface area contributed by atoms with Crippen LogP contribution in [0.15, 0.2) is 72.8 Å². The first-order chi connectivity index (χ1) is 33.7. The summed E-state index contributed by atoms with van der Waals surface area (Å²) in [5.41, 5.74) is 17.0. The summed E-state index contributed by atoms with van der Waals surface area (Å²) in [7, 11) is -9.05. The van der Waals surface area contributed by atoms with Crippen molar-refractivity contribution in [2.24, 2.45) is 0 Å². The average Bonchev–Trinajstić information content (AvgIpc) is 4.05. The summed E-state index contributed by atoms with van der Waals surface area (Å²) in [5, 5.41) is 0. The quantitative estimate of drug-likeness (QED) is 0.0667. The van der Waals surface area contributed by atoms with Crippen molar-refractivity contribution in [3.8, 4) is 0 Å². The Kier molecular flexibility index (Phi) is 17.0. The number of benzene rings is 5. The summed E-state index contributed by atoms with van der Waals surface area (Å²) < 4.78 is 14.9. The Bertz CT molecular complexity index is 2560. The Morgan fingerprint density at radius 3 is 0.662 bits per heavy atom. The second-order valence-electron chi connectivity index (χ2n) is 32.7. The van der Waals surface area contributed by atoms with E-state index in [-0.39, 0.29) is 0 Å². The van der Waals surface area contributed by atoms with Crippen LogP contribution in [0.3, 0.4) is 0 Å². The number of fused-ring (bicyclic) bond motifs is 2. The van der Waals surface area contributed by atoms with Gasteiger partial charge in [-0.1, -0.05) is 0 Å². The van der Waals surface area contributed by atoms with E-state index in [4.69, 9.17) is 0 Å². The monoisotopic (exact) mass is 1210 g/mol. The van der Waals surface area contributed by atoms with Gasteiger partial charge < -0.3 is 0 Å². The van der Waals surface area contributed by atoms with E-state index in [1.54, 1.807) is 55.6 Å². The summed E-state index contributed by atoms with van der Waals surface area (Å²) in [4.78, 5) is 0. The molecule has 5 aromatic carbocycles. The van der Waals surface area contributed by atoms with Crippen LogP contribution in [0.25, 0.3) is 0 Å². The van der Waals surface area contributed by atoms with E-state index in [0.717, 1.165) is 0 Å². The molecule has 0 fully saturated rings. The van der Waals surface area contributed by atoms with Crippen molar-refractivity contribution >= 4 is 110 Å². The third-order valence-electron chi connectivity index (χ3n) is 16.0. The molecule has 0 spiro atoms. The van der Waals surface area contributed by atoms with E-state index in [2.05, 4.69) is 246 Å². The molecule has 402 valence electrons. The van der Waals surface area contributed by atoms with Gasteiger partial charge in [0.25, 0.3) is 0 Å². The van der Waals surface area contributed by atoms with Gasteiger partial charge in [-0.2, -0.15) is 0 Å². The topological polar surface area (TPSA) is 0 Å². The van der Waals surface area contributed by atoms with Gasteiger partial charge in [0.1, 0.15) is 0 Å². The van der Waals surface area contributed by atoms with E-state index in [0.29, 0.717) is 23.7 Å². The zero-order valence-electron chi connectivity index (χ0n) is 52.5. The van der Waals surface area contributed by atoms with Crippen molar-refractivity contribution in [2.75, 3.05) is 0 Å². The molecular formula is C66H106Ge2Si6. The van der Waals surface area contributed by atoms with E-state index < -0.39 is 75.0 Å². The number of hydrogen-bond acceptors (Lipinski definition) is 0. The second kappa shape index (κ2) is 20.9.